The first kappa shape index (κ1) is 19.0. The average Bonchev–Trinajstić information content (AvgIpc) is 2.73. The summed E-state index contributed by atoms with van der Waals surface area (Å²) in [6.07, 6.45) is 0. The Labute approximate surface area is 160 Å². The molecule has 0 aromatic heterocycles. The van der Waals surface area contributed by atoms with Crippen molar-refractivity contribution in [1.82, 2.24) is 10.6 Å². The number of methoxy groups -OCH3 is 2. The quantitative estimate of drug-likeness (QED) is 0.539. The Morgan fingerprint density at radius 2 is 1.79 bits per heavy atom. The zero-order valence-electron chi connectivity index (χ0n) is 15.2. The number of urea groups is 1. The Balaban J connectivity index is 2.19. The van der Waals surface area contributed by atoms with Crippen LogP contribution in [-0.4, -0.2) is 37.1 Å². The molecule has 1 aliphatic heterocycles. The molecule has 0 spiro atoms. The van der Waals surface area contributed by atoms with E-state index in [0.717, 1.165) is 7.11 Å². The fourth-order valence-corrected chi connectivity index (χ4v) is 2.94. The van der Waals surface area contributed by atoms with Gasteiger partial charge in [0.25, 0.3) is 0 Å². The summed E-state index contributed by atoms with van der Waals surface area (Å²) in [7, 11) is 2.54. The Hall–Kier alpha value is -3.81. The molecule has 144 valence electrons. The highest BCUT2D eigenvalue weighted by Crippen LogP contribution is 2.34. The van der Waals surface area contributed by atoms with E-state index in [1.54, 1.807) is 30.3 Å². The number of phenolic OH excluding ortho intramolecular Hbond substituents is 1. The normalized spacial score (nSPS) is 16.1. The standard InChI is InChI=1S/C20H18N2O6/c1-27-14-10-12(8-9-13(14)23)16-15(18(24)11-6-4-3-5-7-11)17(19(25)28-2)22-20(26)21-16/h3-10,16,23H,1-2H3,(H2,21,22,26). The van der Waals surface area contributed by atoms with Crippen LogP contribution in [0.25, 0.3) is 0 Å². The lowest BCUT2D eigenvalue weighted by atomic mass is 9.89. The summed E-state index contributed by atoms with van der Waals surface area (Å²) in [5.74, 6) is -1.23. The number of benzene rings is 2. The molecular weight excluding hydrogens is 364 g/mol. The molecule has 0 fully saturated rings. The second-order valence-corrected chi connectivity index (χ2v) is 5.94. The van der Waals surface area contributed by atoms with Crippen LogP contribution in [0.5, 0.6) is 11.5 Å². The predicted octanol–water partition coefficient (Wildman–Crippen LogP) is 2.06. The summed E-state index contributed by atoms with van der Waals surface area (Å²) < 4.78 is 9.85. The van der Waals surface area contributed by atoms with Crippen molar-refractivity contribution in [2.45, 2.75) is 6.04 Å². The molecule has 1 heterocycles. The zero-order chi connectivity index (χ0) is 20.3. The van der Waals surface area contributed by atoms with Crippen LogP contribution < -0.4 is 15.4 Å². The monoisotopic (exact) mass is 382 g/mol. The van der Waals surface area contributed by atoms with Gasteiger partial charge in [0.2, 0.25) is 0 Å². The number of carbonyl (C=O) groups excluding carboxylic acids is 3. The summed E-state index contributed by atoms with van der Waals surface area (Å²) in [6, 6.07) is 11.1. The third-order valence-electron chi connectivity index (χ3n) is 4.28. The zero-order valence-corrected chi connectivity index (χ0v) is 15.2. The number of ether oxygens (including phenoxy) is 2. The molecule has 2 aromatic carbocycles. The number of hydrogen-bond donors (Lipinski definition) is 3. The number of nitrogens with one attached hydrogen (secondary N) is 2. The van der Waals surface area contributed by atoms with Crippen LogP contribution in [-0.2, 0) is 9.53 Å². The van der Waals surface area contributed by atoms with Crippen molar-refractivity contribution in [2.24, 2.45) is 0 Å². The molecule has 3 rings (SSSR count). The number of Topliss-reactive ketones (excluding diaryl/α,β-unsaturated/α-hetero) is 1. The van der Waals surface area contributed by atoms with E-state index in [9.17, 15) is 19.5 Å². The molecule has 1 unspecified atom stereocenters. The number of phenols is 1. The Morgan fingerprint density at radius 3 is 2.43 bits per heavy atom. The van der Waals surface area contributed by atoms with Gasteiger partial charge >= 0.3 is 12.0 Å². The Bertz CT molecular complexity index is 968. The fraction of sp³-hybridized carbons (Fsp3) is 0.150. The highest BCUT2D eigenvalue weighted by atomic mass is 16.5. The first-order valence-corrected chi connectivity index (χ1v) is 8.33. The second-order valence-electron chi connectivity index (χ2n) is 5.94. The first-order chi connectivity index (χ1) is 13.5. The molecule has 0 bridgehead atoms. The highest BCUT2D eigenvalue weighted by Gasteiger charge is 2.36. The van der Waals surface area contributed by atoms with E-state index in [1.807, 2.05) is 0 Å². The van der Waals surface area contributed by atoms with Crippen molar-refractivity contribution in [3.8, 4) is 11.5 Å². The van der Waals surface area contributed by atoms with Crippen LogP contribution in [0.3, 0.4) is 0 Å². The van der Waals surface area contributed by atoms with Crippen LogP contribution >= 0.6 is 0 Å². The lowest BCUT2D eigenvalue weighted by Crippen LogP contribution is -2.47. The number of esters is 1. The summed E-state index contributed by atoms with van der Waals surface area (Å²) in [6.45, 7) is 0. The van der Waals surface area contributed by atoms with E-state index in [2.05, 4.69) is 10.6 Å². The van der Waals surface area contributed by atoms with Crippen molar-refractivity contribution >= 4 is 17.8 Å². The molecule has 1 atom stereocenters. The van der Waals surface area contributed by atoms with Gasteiger partial charge in [0, 0.05) is 5.56 Å². The van der Waals surface area contributed by atoms with Gasteiger partial charge < -0.3 is 25.2 Å². The van der Waals surface area contributed by atoms with Gasteiger partial charge in [-0.05, 0) is 17.7 Å². The van der Waals surface area contributed by atoms with E-state index in [1.165, 1.54) is 25.3 Å². The van der Waals surface area contributed by atoms with Crippen LogP contribution in [0, 0.1) is 0 Å². The molecule has 0 aliphatic carbocycles. The third-order valence-corrected chi connectivity index (χ3v) is 4.28. The van der Waals surface area contributed by atoms with Crippen LogP contribution in [0.1, 0.15) is 22.0 Å². The van der Waals surface area contributed by atoms with Gasteiger partial charge in [0.1, 0.15) is 5.70 Å². The van der Waals surface area contributed by atoms with Gasteiger partial charge in [-0.25, -0.2) is 9.59 Å². The summed E-state index contributed by atoms with van der Waals surface area (Å²) >= 11 is 0. The topological polar surface area (TPSA) is 114 Å². The molecule has 3 N–H and O–H groups in total. The van der Waals surface area contributed by atoms with Crippen molar-refractivity contribution in [1.29, 1.82) is 0 Å². The lowest BCUT2D eigenvalue weighted by molar-refractivity contribution is -0.136. The molecule has 8 heteroatoms. The van der Waals surface area contributed by atoms with Gasteiger partial charge in [0.15, 0.2) is 17.3 Å². The lowest BCUT2D eigenvalue weighted by Gasteiger charge is -2.29. The highest BCUT2D eigenvalue weighted by molar-refractivity contribution is 6.15. The summed E-state index contributed by atoms with van der Waals surface area (Å²) in [5.41, 5.74) is 0.570. The van der Waals surface area contributed by atoms with Crippen molar-refractivity contribution < 1.29 is 29.0 Å². The van der Waals surface area contributed by atoms with Crippen molar-refractivity contribution in [2.75, 3.05) is 14.2 Å². The van der Waals surface area contributed by atoms with Gasteiger partial charge in [-0.15, -0.1) is 0 Å². The van der Waals surface area contributed by atoms with E-state index in [-0.39, 0.29) is 22.8 Å². The second kappa shape index (κ2) is 7.83. The molecule has 1 aliphatic rings. The third kappa shape index (κ3) is 3.52. The molecular formula is C20H18N2O6. The molecule has 0 saturated carbocycles. The van der Waals surface area contributed by atoms with Crippen LogP contribution in [0.15, 0.2) is 59.8 Å². The van der Waals surface area contributed by atoms with Crippen molar-refractivity contribution in [3.63, 3.8) is 0 Å². The van der Waals surface area contributed by atoms with E-state index >= 15 is 0 Å². The van der Waals surface area contributed by atoms with E-state index < -0.39 is 23.8 Å². The summed E-state index contributed by atoms with van der Waals surface area (Å²) in [5, 5.41) is 14.8. The summed E-state index contributed by atoms with van der Waals surface area (Å²) in [4.78, 5) is 37.6. The SMILES string of the molecule is COC(=O)C1=C(C(=O)c2ccccc2)C(c2ccc(O)c(OC)c2)NC(=O)N1. The number of rotatable bonds is 5. The molecule has 2 amide bonds. The van der Waals surface area contributed by atoms with Crippen LogP contribution in [0.2, 0.25) is 0 Å². The maximum absolute atomic E-state index is 13.2. The first-order valence-electron chi connectivity index (χ1n) is 8.33. The maximum Gasteiger partial charge on any atom is 0.355 e. The number of aromatic hydroxyl groups is 1. The van der Waals surface area contributed by atoms with Gasteiger partial charge in [-0.2, -0.15) is 0 Å². The van der Waals surface area contributed by atoms with E-state index in [4.69, 9.17) is 9.47 Å². The average molecular weight is 382 g/mol. The maximum atomic E-state index is 13.2. The minimum atomic E-state index is -0.954. The van der Waals surface area contributed by atoms with Gasteiger partial charge in [-0.3, -0.25) is 4.79 Å². The Morgan fingerprint density at radius 1 is 1.07 bits per heavy atom. The molecule has 0 radical (unpaired) electrons. The van der Waals surface area contributed by atoms with Crippen LogP contribution in [0.4, 0.5) is 4.79 Å². The smallest absolute Gasteiger partial charge is 0.355 e. The largest absolute Gasteiger partial charge is 0.504 e. The van der Waals surface area contributed by atoms with Gasteiger partial charge in [0.05, 0.1) is 25.8 Å². The number of carbonyl (C=O) groups is 3. The number of hydrogen-bond acceptors (Lipinski definition) is 6. The number of ketones is 1. The van der Waals surface area contributed by atoms with E-state index in [0.29, 0.717) is 11.1 Å². The Kier molecular flexibility index (Phi) is 5.30. The molecule has 2 aromatic rings. The molecule has 0 saturated heterocycles. The molecule has 28 heavy (non-hydrogen) atoms. The minimum Gasteiger partial charge on any atom is -0.504 e. The minimum absolute atomic E-state index is 0.0189. The fourth-order valence-electron chi connectivity index (χ4n) is 2.94. The van der Waals surface area contributed by atoms with Gasteiger partial charge in [-0.1, -0.05) is 36.4 Å². The molecule has 8 nitrogen and oxygen atoms in total. The number of amides is 2. The predicted molar refractivity (Wildman–Crippen MR) is 98.9 cm³/mol. The van der Waals surface area contributed by atoms with Crippen molar-refractivity contribution in [3.05, 3.63) is 70.9 Å².